The lowest BCUT2D eigenvalue weighted by atomic mass is 10.0. The van der Waals surface area contributed by atoms with E-state index < -0.39 is 0 Å². The molecule has 0 fully saturated rings. The van der Waals surface area contributed by atoms with Gasteiger partial charge < -0.3 is 9.40 Å². The summed E-state index contributed by atoms with van der Waals surface area (Å²) in [4.78, 5) is 15.4. The normalized spacial score (nSPS) is 10.9. The summed E-state index contributed by atoms with van der Waals surface area (Å²) in [5, 5.41) is 0.911. The van der Waals surface area contributed by atoms with Crippen molar-refractivity contribution in [3.8, 4) is 22.4 Å². The van der Waals surface area contributed by atoms with Gasteiger partial charge in [-0.2, -0.15) is 0 Å². The first-order chi connectivity index (χ1) is 10.8. The summed E-state index contributed by atoms with van der Waals surface area (Å²) in [7, 11) is 0. The molecule has 0 spiro atoms. The molecule has 0 aliphatic carbocycles. The summed E-state index contributed by atoms with van der Waals surface area (Å²) in [6.07, 6.45) is 1.87. The molecular weight excluding hydrogens is 274 g/mol. The number of hydrogen-bond acceptors (Lipinski definition) is 2. The van der Waals surface area contributed by atoms with E-state index in [9.17, 15) is 4.79 Å². The summed E-state index contributed by atoms with van der Waals surface area (Å²) in [5.74, 6) is 0. The first-order valence-corrected chi connectivity index (χ1v) is 7.08. The summed E-state index contributed by atoms with van der Waals surface area (Å²) in [6.45, 7) is 0. The van der Waals surface area contributed by atoms with Crippen LogP contribution in [0.5, 0.6) is 0 Å². The summed E-state index contributed by atoms with van der Waals surface area (Å²) >= 11 is 0. The average molecular weight is 287 g/mol. The summed E-state index contributed by atoms with van der Waals surface area (Å²) in [5.41, 5.74) is 3.72. The molecular formula is C19H13NO2. The molecule has 0 unspecified atom stereocenters. The Balaban J connectivity index is 1.89. The van der Waals surface area contributed by atoms with Crippen LogP contribution in [-0.2, 0) is 0 Å². The standard InChI is InChI=1S/C19H13NO2/c21-19-16(13-5-2-1-3-6-13)11-15-9-8-14(12-18(15)22-19)17-7-4-10-20-17/h1-12,20H. The molecule has 3 heteroatoms. The maximum atomic E-state index is 12.3. The quantitative estimate of drug-likeness (QED) is 0.553. The molecule has 22 heavy (non-hydrogen) atoms. The molecule has 0 saturated heterocycles. The van der Waals surface area contributed by atoms with Crippen LogP contribution in [0.25, 0.3) is 33.4 Å². The van der Waals surface area contributed by atoms with Crippen LogP contribution in [0.2, 0.25) is 0 Å². The van der Waals surface area contributed by atoms with E-state index in [1.54, 1.807) is 0 Å². The van der Waals surface area contributed by atoms with Gasteiger partial charge in [-0.25, -0.2) is 4.79 Å². The second kappa shape index (κ2) is 5.04. The van der Waals surface area contributed by atoms with Crippen molar-refractivity contribution in [1.82, 2.24) is 4.98 Å². The minimum atomic E-state index is -0.317. The van der Waals surface area contributed by atoms with Gasteiger partial charge in [0.1, 0.15) is 5.58 Å². The molecule has 1 N–H and O–H groups in total. The van der Waals surface area contributed by atoms with Crippen LogP contribution in [0.15, 0.2) is 82.1 Å². The number of hydrogen-bond donors (Lipinski definition) is 1. The third kappa shape index (κ3) is 2.13. The Kier molecular flexibility index (Phi) is 2.90. The maximum absolute atomic E-state index is 12.3. The fourth-order valence-electron chi connectivity index (χ4n) is 2.61. The molecule has 0 aliphatic rings. The molecule has 0 amide bonds. The highest BCUT2D eigenvalue weighted by molar-refractivity contribution is 5.85. The molecule has 4 rings (SSSR count). The van der Waals surface area contributed by atoms with E-state index in [-0.39, 0.29) is 5.63 Å². The van der Waals surface area contributed by atoms with E-state index in [2.05, 4.69) is 4.98 Å². The zero-order valence-electron chi connectivity index (χ0n) is 11.7. The van der Waals surface area contributed by atoms with Gasteiger partial charge in [0.05, 0.1) is 5.56 Å². The number of aromatic nitrogens is 1. The van der Waals surface area contributed by atoms with Crippen molar-refractivity contribution in [2.75, 3.05) is 0 Å². The highest BCUT2D eigenvalue weighted by Gasteiger charge is 2.08. The topological polar surface area (TPSA) is 46.0 Å². The highest BCUT2D eigenvalue weighted by Crippen LogP contribution is 2.25. The van der Waals surface area contributed by atoms with E-state index in [0.29, 0.717) is 11.1 Å². The molecule has 0 radical (unpaired) electrons. The van der Waals surface area contributed by atoms with Crippen molar-refractivity contribution in [2.24, 2.45) is 0 Å². The van der Waals surface area contributed by atoms with Crippen molar-refractivity contribution in [1.29, 1.82) is 0 Å². The SMILES string of the molecule is O=c1oc2cc(-c3ccc[nH]3)ccc2cc1-c1ccccc1. The van der Waals surface area contributed by atoms with E-state index in [0.717, 1.165) is 22.2 Å². The predicted octanol–water partition coefficient (Wildman–Crippen LogP) is 4.46. The number of rotatable bonds is 2. The lowest BCUT2D eigenvalue weighted by molar-refractivity contribution is 0.563. The maximum Gasteiger partial charge on any atom is 0.344 e. The van der Waals surface area contributed by atoms with E-state index in [4.69, 9.17) is 4.42 Å². The monoisotopic (exact) mass is 287 g/mol. The number of aromatic amines is 1. The first kappa shape index (κ1) is 12.7. The molecule has 4 aromatic rings. The van der Waals surface area contributed by atoms with E-state index >= 15 is 0 Å². The predicted molar refractivity (Wildman–Crippen MR) is 87.7 cm³/mol. The molecule has 2 aromatic carbocycles. The molecule has 106 valence electrons. The van der Waals surface area contributed by atoms with Crippen LogP contribution < -0.4 is 5.63 Å². The largest absolute Gasteiger partial charge is 0.422 e. The third-order valence-electron chi connectivity index (χ3n) is 3.73. The van der Waals surface area contributed by atoms with Gasteiger partial charge in [0.25, 0.3) is 0 Å². The first-order valence-electron chi connectivity index (χ1n) is 7.08. The highest BCUT2D eigenvalue weighted by atomic mass is 16.4. The van der Waals surface area contributed by atoms with Gasteiger partial charge in [-0.3, -0.25) is 0 Å². The second-order valence-corrected chi connectivity index (χ2v) is 5.15. The number of nitrogens with one attached hydrogen (secondary N) is 1. The lowest BCUT2D eigenvalue weighted by Crippen LogP contribution is -2.02. The third-order valence-corrected chi connectivity index (χ3v) is 3.73. The molecule has 0 bridgehead atoms. The van der Waals surface area contributed by atoms with Crippen LogP contribution in [0.1, 0.15) is 0 Å². The minimum Gasteiger partial charge on any atom is -0.422 e. The van der Waals surface area contributed by atoms with Gasteiger partial charge in [0, 0.05) is 22.8 Å². The van der Waals surface area contributed by atoms with E-state index in [1.807, 2.05) is 72.9 Å². The van der Waals surface area contributed by atoms with Crippen LogP contribution >= 0.6 is 0 Å². The Labute approximate surface area is 126 Å². The fourth-order valence-corrected chi connectivity index (χ4v) is 2.61. The Morgan fingerprint density at radius 3 is 2.45 bits per heavy atom. The van der Waals surface area contributed by atoms with Gasteiger partial charge in [0.15, 0.2) is 0 Å². The van der Waals surface area contributed by atoms with Crippen LogP contribution in [-0.4, -0.2) is 4.98 Å². The average Bonchev–Trinajstić information content (AvgIpc) is 3.09. The lowest BCUT2D eigenvalue weighted by Gasteiger charge is -2.04. The Morgan fingerprint density at radius 2 is 1.68 bits per heavy atom. The smallest absolute Gasteiger partial charge is 0.344 e. The molecule has 0 atom stereocenters. The van der Waals surface area contributed by atoms with Crippen LogP contribution in [0, 0.1) is 0 Å². The van der Waals surface area contributed by atoms with Gasteiger partial charge >= 0.3 is 5.63 Å². The van der Waals surface area contributed by atoms with Crippen molar-refractivity contribution >= 4 is 11.0 Å². The van der Waals surface area contributed by atoms with Crippen LogP contribution in [0.3, 0.4) is 0 Å². The van der Waals surface area contributed by atoms with Gasteiger partial charge in [-0.15, -0.1) is 0 Å². The summed E-state index contributed by atoms with van der Waals surface area (Å²) < 4.78 is 5.52. The fraction of sp³-hybridized carbons (Fsp3) is 0. The Hall–Kier alpha value is -3.07. The number of fused-ring (bicyclic) bond motifs is 1. The Bertz CT molecular complexity index is 983. The zero-order chi connectivity index (χ0) is 14.9. The zero-order valence-corrected chi connectivity index (χ0v) is 11.7. The van der Waals surface area contributed by atoms with Crippen molar-refractivity contribution in [3.05, 3.63) is 83.3 Å². The van der Waals surface area contributed by atoms with Gasteiger partial charge in [0.2, 0.25) is 0 Å². The molecule has 3 nitrogen and oxygen atoms in total. The number of benzene rings is 2. The summed E-state index contributed by atoms with van der Waals surface area (Å²) in [6, 6.07) is 21.2. The van der Waals surface area contributed by atoms with Gasteiger partial charge in [-0.1, -0.05) is 42.5 Å². The number of H-pyrrole nitrogens is 1. The molecule has 2 heterocycles. The molecule has 2 aromatic heterocycles. The molecule has 0 aliphatic heterocycles. The van der Waals surface area contributed by atoms with Crippen LogP contribution in [0.4, 0.5) is 0 Å². The molecule has 0 saturated carbocycles. The van der Waals surface area contributed by atoms with Crippen molar-refractivity contribution in [2.45, 2.75) is 0 Å². The van der Waals surface area contributed by atoms with Gasteiger partial charge in [-0.05, 0) is 29.8 Å². The Morgan fingerprint density at radius 1 is 0.818 bits per heavy atom. The van der Waals surface area contributed by atoms with Crippen molar-refractivity contribution < 1.29 is 4.42 Å². The van der Waals surface area contributed by atoms with E-state index in [1.165, 1.54) is 0 Å². The minimum absolute atomic E-state index is 0.317. The van der Waals surface area contributed by atoms with Crippen molar-refractivity contribution in [3.63, 3.8) is 0 Å². The second-order valence-electron chi connectivity index (χ2n) is 5.15.